The van der Waals surface area contributed by atoms with Gasteiger partial charge in [-0.3, -0.25) is 0 Å². The smallest absolute Gasteiger partial charge is 0.00145 e. The van der Waals surface area contributed by atoms with Crippen LogP contribution in [0.25, 0.3) is 0 Å². The van der Waals surface area contributed by atoms with Crippen LogP contribution in [-0.4, -0.2) is 5.75 Å². The van der Waals surface area contributed by atoms with Crippen LogP contribution in [0, 0.1) is 5.41 Å². The van der Waals surface area contributed by atoms with E-state index in [0.717, 1.165) is 0 Å². The van der Waals surface area contributed by atoms with Gasteiger partial charge in [-0.25, -0.2) is 0 Å². The van der Waals surface area contributed by atoms with E-state index in [0.29, 0.717) is 5.41 Å². The fraction of sp³-hybridized carbons (Fsp3) is 0.778. The van der Waals surface area contributed by atoms with Crippen LogP contribution in [-0.2, 0) is 0 Å². The third kappa shape index (κ3) is 1.57. The molecule has 0 amide bonds. The molecule has 0 saturated heterocycles. The molecule has 1 rings (SSSR count). The first-order chi connectivity index (χ1) is 4.52. The highest BCUT2D eigenvalue weighted by Gasteiger charge is 2.23. The lowest BCUT2D eigenvalue weighted by Crippen LogP contribution is -2.06. The molecule has 0 N–H and O–H groups in total. The molecule has 0 spiro atoms. The number of allylic oxidation sites excluding steroid dienone is 2. The van der Waals surface area contributed by atoms with Crippen molar-refractivity contribution >= 4 is 11.8 Å². The lowest BCUT2D eigenvalue weighted by Gasteiger charge is -2.20. The van der Waals surface area contributed by atoms with Gasteiger partial charge in [0.2, 0.25) is 0 Å². The summed E-state index contributed by atoms with van der Waals surface area (Å²) in [5.74, 6) is 1.30. The molecule has 1 heterocycles. The lowest BCUT2D eigenvalue weighted by molar-refractivity contribution is 0.529. The van der Waals surface area contributed by atoms with Gasteiger partial charge in [0.05, 0.1) is 0 Å². The molecule has 0 saturated carbocycles. The van der Waals surface area contributed by atoms with Crippen LogP contribution >= 0.6 is 11.8 Å². The minimum Gasteiger partial charge on any atom is -0.130 e. The van der Waals surface area contributed by atoms with Crippen molar-refractivity contribution < 1.29 is 0 Å². The second kappa shape index (κ2) is 2.61. The van der Waals surface area contributed by atoms with Crippen LogP contribution in [0.2, 0.25) is 0 Å². The van der Waals surface area contributed by atoms with Gasteiger partial charge in [0.1, 0.15) is 0 Å². The van der Waals surface area contributed by atoms with Gasteiger partial charge in [-0.05, 0) is 23.7 Å². The van der Waals surface area contributed by atoms with Gasteiger partial charge in [0.25, 0.3) is 0 Å². The SMILES string of the molecule is CC1=C(C(C)(C)C)SCC1. The van der Waals surface area contributed by atoms with E-state index in [1.807, 2.05) is 11.8 Å². The molecule has 0 bridgehead atoms. The normalized spacial score (nSPS) is 20.4. The molecular formula is C9H16S. The molecule has 0 atom stereocenters. The predicted molar refractivity (Wildman–Crippen MR) is 49.2 cm³/mol. The molecule has 1 aliphatic heterocycles. The predicted octanol–water partition coefficient (Wildman–Crippen LogP) is 3.44. The van der Waals surface area contributed by atoms with Crippen molar-refractivity contribution in [3.63, 3.8) is 0 Å². The maximum atomic E-state index is 2.30. The Morgan fingerprint density at radius 1 is 1.30 bits per heavy atom. The highest BCUT2D eigenvalue weighted by atomic mass is 32.2. The van der Waals surface area contributed by atoms with Crippen molar-refractivity contribution in [2.75, 3.05) is 5.75 Å². The third-order valence-electron chi connectivity index (χ3n) is 1.79. The van der Waals surface area contributed by atoms with Crippen molar-refractivity contribution in [1.82, 2.24) is 0 Å². The first kappa shape index (κ1) is 8.19. The molecule has 58 valence electrons. The molecule has 0 aliphatic carbocycles. The number of rotatable bonds is 0. The fourth-order valence-electron chi connectivity index (χ4n) is 1.40. The molecule has 1 heteroatoms. The van der Waals surface area contributed by atoms with Gasteiger partial charge < -0.3 is 0 Å². The summed E-state index contributed by atoms with van der Waals surface area (Å²) in [6.07, 6.45) is 1.30. The Kier molecular flexibility index (Phi) is 2.14. The Morgan fingerprint density at radius 3 is 2.10 bits per heavy atom. The van der Waals surface area contributed by atoms with E-state index < -0.39 is 0 Å². The number of thioether (sulfide) groups is 1. The van der Waals surface area contributed by atoms with E-state index in [1.54, 1.807) is 10.5 Å². The molecule has 0 nitrogen and oxygen atoms in total. The summed E-state index contributed by atoms with van der Waals surface area (Å²) in [4.78, 5) is 1.62. The highest BCUT2D eigenvalue weighted by molar-refractivity contribution is 8.03. The quantitative estimate of drug-likeness (QED) is 0.517. The van der Waals surface area contributed by atoms with E-state index in [2.05, 4.69) is 27.7 Å². The maximum absolute atomic E-state index is 2.30. The van der Waals surface area contributed by atoms with E-state index in [1.165, 1.54) is 12.2 Å². The van der Waals surface area contributed by atoms with Crippen LogP contribution in [0.5, 0.6) is 0 Å². The van der Waals surface area contributed by atoms with Crippen LogP contribution < -0.4 is 0 Å². The second-order valence-corrected chi connectivity index (χ2v) is 5.06. The largest absolute Gasteiger partial charge is 0.130 e. The number of hydrogen-bond acceptors (Lipinski definition) is 1. The average molecular weight is 156 g/mol. The Labute approximate surface area is 68.1 Å². The van der Waals surface area contributed by atoms with Crippen LogP contribution in [0.1, 0.15) is 34.1 Å². The first-order valence-electron chi connectivity index (χ1n) is 3.85. The van der Waals surface area contributed by atoms with Crippen molar-refractivity contribution in [2.24, 2.45) is 5.41 Å². The van der Waals surface area contributed by atoms with Crippen molar-refractivity contribution in [2.45, 2.75) is 34.1 Å². The van der Waals surface area contributed by atoms with Gasteiger partial charge >= 0.3 is 0 Å². The average Bonchev–Trinajstić information content (AvgIpc) is 2.11. The first-order valence-corrected chi connectivity index (χ1v) is 4.83. The fourth-order valence-corrected chi connectivity index (χ4v) is 2.79. The maximum Gasteiger partial charge on any atom is 0.00145 e. The van der Waals surface area contributed by atoms with E-state index >= 15 is 0 Å². The van der Waals surface area contributed by atoms with E-state index in [-0.39, 0.29) is 0 Å². The standard InChI is InChI=1S/C9H16S/c1-7-5-6-10-8(7)9(2,3)4/h5-6H2,1-4H3. The Balaban J connectivity index is 2.81. The zero-order valence-electron chi connectivity index (χ0n) is 7.32. The van der Waals surface area contributed by atoms with Gasteiger partial charge in [0, 0.05) is 5.75 Å². The Morgan fingerprint density at radius 2 is 1.90 bits per heavy atom. The molecule has 0 aromatic heterocycles. The summed E-state index contributed by atoms with van der Waals surface area (Å²) in [6, 6.07) is 0. The molecule has 0 aromatic carbocycles. The van der Waals surface area contributed by atoms with Crippen LogP contribution in [0.4, 0.5) is 0 Å². The highest BCUT2D eigenvalue weighted by Crippen LogP contribution is 2.42. The third-order valence-corrected chi connectivity index (χ3v) is 3.45. The van der Waals surface area contributed by atoms with Crippen molar-refractivity contribution in [3.05, 3.63) is 10.5 Å². The minimum atomic E-state index is 0.394. The number of hydrogen-bond donors (Lipinski definition) is 0. The summed E-state index contributed by atoms with van der Waals surface area (Å²) in [6.45, 7) is 9.15. The molecule has 1 aliphatic rings. The molecule has 0 aromatic rings. The van der Waals surface area contributed by atoms with Crippen molar-refractivity contribution in [3.8, 4) is 0 Å². The Hall–Kier alpha value is 0.0900. The monoisotopic (exact) mass is 156 g/mol. The molecular weight excluding hydrogens is 140 g/mol. The topological polar surface area (TPSA) is 0 Å². The zero-order chi connectivity index (χ0) is 7.78. The Bertz CT molecular complexity index is 160. The summed E-state index contributed by atoms with van der Waals surface area (Å²) in [5, 5.41) is 0. The summed E-state index contributed by atoms with van der Waals surface area (Å²) in [5.41, 5.74) is 2.00. The molecule has 0 radical (unpaired) electrons. The van der Waals surface area contributed by atoms with Gasteiger partial charge in [0.15, 0.2) is 0 Å². The second-order valence-electron chi connectivity index (χ2n) is 3.96. The minimum absolute atomic E-state index is 0.394. The van der Waals surface area contributed by atoms with Gasteiger partial charge in [-0.15, -0.1) is 11.8 Å². The zero-order valence-corrected chi connectivity index (χ0v) is 8.14. The summed E-state index contributed by atoms with van der Waals surface area (Å²) in [7, 11) is 0. The van der Waals surface area contributed by atoms with Gasteiger partial charge in [-0.1, -0.05) is 26.3 Å². The van der Waals surface area contributed by atoms with Gasteiger partial charge in [-0.2, -0.15) is 0 Å². The van der Waals surface area contributed by atoms with Crippen LogP contribution in [0.3, 0.4) is 0 Å². The van der Waals surface area contributed by atoms with E-state index in [4.69, 9.17) is 0 Å². The lowest BCUT2D eigenvalue weighted by atomic mass is 9.93. The molecule has 0 unspecified atom stereocenters. The van der Waals surface area contributed by atoms with Crippen molar-refractivity contribution in [1.29, 1.82) is 0 Å². The van der Waals surface area contributed by atoms with Crippen LogP contribution in [0.15, 0.2) is 10.5 Å². The van der Waals surface area contributed by atoms with E-state index in [9.17, 15) is 0 Å². The molecule has 10 heavy (non-hydrogen) atoms. The summed E-state index contributed by atoms with van der Waals surface area (Å²) >= 11 is 2.04. The molecule has 0 fully saturated rings. The summed E-state index contributed by atoms with van der Waals surface area (Å²) < 4.78 is 0.